The summed E-state index contributed by atoms with van der Waals surface area (Å²) in [6.45, 7) is 2.14. The third kappa shape index (κ3) is 4.88. The SMILES string of the molecule is CCOc1ccc(C(=O)CCC(=O)OCC(=O)c2ccc3c(c2)OCO3)cc1. The number of ketones is 2. The summed E-state index contributed by atoms with van der Waals surface area (Å²) in [4.78, 5) is 36.1. The van der Waals surface area contributed by atoms with Crippen LogP contribution >= 0.6 is 0 Å². The number of hydrogen-bond acceptors (Lipinski definition) is 7. The normalized spacial score (nSPS) is 11.8. The van der Waals surface area contributed by atoms with Crippen LogP contribution in [0.15, 0.2) is 42.5 Å². The lowest BCUT2D eigenvalue weighted by atomic mass is 10.1. The quantitative estimate of drug-likeness (QED) is 0.484. The maximum absolute atomic E-state index is 12.1. The van der Waals surface area contributed by atoms with E-state index in [0.717, 1.165) is 0 Å². The van der Waals surface area contributed by atoms with E-state index in [2.05, 4.69) is 0 Å². The lowest BCUT2D eigenvalue weighted by Gasteiger charge is -2.06. The smallest absolute Gasteiger partial charge is 0.306 e. The Morgan fingerprint density at radius 2 is 1.61 bits per heavy atom. The predicted molar refractivity (Wildman–Crippen MR) is 99.0 cm³/mol. The first-order chi connectivity index (χ1) is 13.6. The summed E-state index contributed by atoms with van der Waals surface area (Å²) >= 11 is 0. The van der Waals surface area contributed by atoms with E-state index in [4.69, 9.17) is 18.9 Å². The summed E-state index contributed by atoms with van der Waals surface area (Å²) in [5.74, 6) is 0.597. The van der Waals surface area contributed by atoms with Crippen LogP contribution in [0.25, 0.3) is 0 Å². The molecule has 1 heterocycles. The zero-order chi connectivity index (χ0) is 19.9. The molecule has 3 rings (SSSR count). The molecule has 28 heavy (non-hydrogen) atoms. The third-order valence-electron chi connectivity index (χ3n) is 4.10. The highest BCUT2D eigenvalue weighted by atomic mass is 16.7. The molecule has 0 saturated heterocycles. The molecule has 0 fully saturated rings. The molecule has 1 aliphatic rings. The van der Waals surface area contributed by atoms with Gasteiger partial charge in [-0.2, -0.15) is 0 Å². The second-order valence-corrected chi connectivity index (χ2v) is 6.03. The van der Waals surface area contributed by atoms with Crippen molar-refractivity contribution >= 4 is 17.5 Å². The highest BCUT2D eigenvalue weighted by Gasteiger charge is 2.17. The first-order valence-electron chi connectivity index (χ1n) is 8.91. The minimum absolute atomic E-state index is 0.00499. The number of carbonyl (C=O) groups is 3. The molecule has 0 saturated carbocycles. The summed E-state index contributed by atoms with van der Waals surface area (Å²) in [5.41, 5.74) is 0.857. The molecule has 0 aromatic heterocycles. The van der Waals surface area contributed by atoms with Crippen molar-refractivity contribution in [1.82, 2.24) is 0 Å². The average Bonchev–Trinajstić information content (AvgIpc) is 3.19. The number of Topliss-reactive ketones (excluding diaryl/α,β-unsaturated/α-hetero) is 2. The topological polar surface area (TPSA) is 88.1 Å². The monoisotopic (exact) mass is 384 g/mol. The van der Waals surface area contributed by atoms with E-state index in [9.17, 15) is 14.4 Å². The van der Waals surface area contributed by atoms with Crippen molar-refractivity contribution in [3.05, 3.63) is 53.6 Å². The first-order valence-corrected chi connectivity index (χ1v) is 8.91. The van der Waals surface area contributed by atoms with E-state index in [1.807, 2.05) is 6.92 Å². The lowest BCUT2D eigenvalue weighted by molar-refractivity contribution is -0.142. The molecule has 0 spiro atoms. The highest BCUT2D eigenvalue weighted by molar-refractivity contribution is 5.99. The number of hydrogen-bond donors (Lipinski definition) is 0. The molecule has 0 N–H and O–H groups in total. The van der Waals surface area contributed by atoms with Gasteiger partial charge in [-0.1, -0.05) is 0 Å². The van der Waals surface area contributed by atoms with Crippen molar-refractivity contribution in [2.45, 2.75) is 19.8 Å². The van der Waals surface area contributed by atoms with Gasteiger partial charge in [0.25, 0.3) is 0 Å². The van der Waals surface area contributed by atoms with Crippen molar-refractivity contribution in [1.29, 1.82) is 0 Å². The van der Waals surface area contributed by atoms with Crippen LogP contribution in [0.5, 0.6) is 17.2 Å². The summed E-state index contributed by atoms with van der Waals surface area (Å²) in [6.07, 6.45) is -0.0918. The zero-order valence-electron chi connectivity index (χ0n) is 15.4. The lowest BCUT2D eigenvalue weighted by Crippen LogP contribution is -2.15. The molecular weight excluding hydrogens is 364 g/mol. The number of benzene rings is 2. The molecular formula is C21H20O7. The Morgan fingerprint density at radius 3 is 2.36 bits per heavy atom. The van der Waals surface area contributed by atoms with Crippen molar-refractivity contribution in [3.63, 3.8) is 0 Å². The van der Waals surface area contributed by atoms with Crippen LogP contribution in [0.3, 0.4) is 0 Å². The number of fused-ring (bicyclic) bond motifs is 1. The number of ether oxygens (including phenoxy) is 4. The van der Waals surface area contributed by atoms with E-state index in [1.54, 1.807) is 42.5 Å². The van der Waals surface area contributed by atoms with Gasteiger partial charge in [-0.15, -0.1) is 0 Å². The van der Waals surface area contributed by atoms with E-state index in [1.165, 1.54) is 0 Å². The Labute approximate surface area is 162 Å². The van der Waals surface area contributed by atoms with Crippen LogP contribution in [0, 0.1) is 0 Å². The van der Waals surface area contributed by atoms with Gasteiger partial charge in [-0.05, 0) is 49.4 Å². The van der Waals surface area contributed by atoms with Crippen molar-refractivity contribution in [3.8, 4) is 17.2 Å². The molecule has 0 amide bonds. The summed E-state index contributed by atoms with van der Waals surface area (Å²) in [6, 6.07) is 11.5. The van der Waals surface area contributed by atoms with Crippen LogP contribution < -0.4 is 14.2 Å². The zero-order valence-corrected chi connectivity index (χ0v) is 15.4. The second kappa shape index (κ2) is 9.03. The molecule has 2 aromatic rings. The standard InChI is InChI=1S/C21H20O7/c1-2-25-16-6-3-14(4-7-16)17(22)8-10-21(24)26-12-18(23)15-5-9-19-20(11-15)28-13-27-19/h3-7,9,11H,2,8,10,12-13H2,1H3. The van der Waals surface area contributed by atoms with Crippen LogP contribution in [0.2, 0.25) is 0 Å². The van der Waals surface area contributed by atoms with Crippen LogP contribution in [-0.2, 0) is 9.53 Å². The fourth-order valence-electron chi connectivity index (χ4n) is 2.64. The van der Waals surface area contributed by atoms with Crippen LogP contribution in [0.4, 0.5) is 0 Å². The molecule has 146 valence electrons. The number of rotatable bonds is 9. The summed E-state index contributed by atoms with van der Waals surface area (Å²) in [7, 11) is 0. The van der Waals surface area contributed by atoms with Gasteiger partial charge in [0.1, 0.15) is 5.75 Å². The van der Waals surface area contributed by atoms with E-state index < -0.39 is 12.6 Å². The van der Waals surface area contributed by atoms with Gasteiger partial charge < -0.3 is 18.9 Å². The predicted octanol–water partition coefficient (Wildman–Crippen LogP) is 3.20. The molecule has 0 atom stereocenters. The number of esters is 1. The van der Waals surface area contributed by atoms with Gasteiger partial charge in [-0.25, -0.2) is 0 Å². The Bertz CT molecular complexity index is 871. The van der Waals surface area contributed by atoms with E-state index in [-0.39, 0.29) is 31.2 Å². The Balaban J connectivity index is 1.44. The number of carbonyl (C=O) groups excluding carboxylic acids is 3. The van der Waals surface area contributed by atoms with Crippen LogP contribution in [-0.4, -0.2) is 37.5 Å². The largest absolute Gasteiger partial charge is 0.494 e. The maximum atomic E-state index is 12.1. The third-order valence-corrected chi connectivity index (χ3v) is 4.10. The minimum Gasteiger partial charge on any atom is -0.494 e. The maximum Gasteiger partial charge on any atom is 0.306 e. The molecule has 0 radical (unpaired) electrons. The summed E-state index contributed by atoms with van der Waals surface area (Å²) in [5, 5.41) is 0. The minimum atomic E-state index is -0.603. The van der Waals surface area contributed by atoms with E-state index >= 15 is 0 Å². The van der Waals surface area contributed by atoms with Crippen molar-refractivity contribution < 1.29 is 33.3 Å². The van der Waals surface area contributed by atoms with Crippen molar-refractivity contribution in [2.75, 3.05) is 20.0 Å². The second-order valence-electron chi connectivity index (χ2n) is 6.03. The van der Waals surface area contributed by atoms with E-state index in [0.29, 0.717) is 35.0 Å². The van der Waals surface area contributed by atoms with Crippen LogP contribution in [0.1, 0.15) is 40.5 Å². The fourth-order valence-corrected chi connectivity index (χ4v) is 2.64. The molecule has 0 unspecified atom stereocenters. The Hall–Kier alpha value is -3.35. The Morgan fingerprint density at radius 1 is 0.893 bits per heavy atom. The van der Waals surface area contributed by atoms with Gasteiger partial charge in [0, 0.05) is 17.5 Å². The molecule has 7 nitrogen and oxygen atoms in total. The van der Waals surface area contributed by atoms with Gasteiger partial charge in [0.2, 0.25) is 6.79 Å². The molecule has 7 heteroatoms. The molecule has 0 bridgehead atoms. The molecule has 1 aliphatic heterocycles. The van der Waals surface area contributed by atoms with Gasteiger partial charge in [0.05, 0.1) is 13.0 Å². The first kappa shape index (κ1) is 19.4. The molecule has 0 aliphatic carbocycles. The van der Waals surface area contributed by atoms with Gasteiger partial charge in [0.15, 0.2) is 29.7 Å². The highest BCUT2D eigenvalue weighted by Crippen LogP contribution is 2.32. The summed E-state index contributed by atoms with van der Waals surface area (Å²) < 4.78 is 20.7. The van der Waals surface area contributed by atoms with Gasteiger partial charge in [-0.3, -0.25) is 14.4 Å². The Kier molecular flexibility index (Phi) is 6.26. The average molecular weight is 384 g/mol. The van der Waals surface area contributed by atoms with Gasteiger partial charge >= 0.3 is 5.97 Å². The molecule has 2 aromatic carbocycles. The van der Waals surface area contributed by atoms with Crippen molar-refractivity contribution in [2.24, 2.45) is 0 Å². The fraction of sp³-hybridized carbons (Fsp3) is 0.286.